The smallest absolute Gasteiger partial charge is 0.356 e. The topological polar surface area (TPSA) is 109 Å². The van der Waals surface area contributed by atoms with E-state index in [2.05, 4.69) is 9.97 Å². The highest BCUT2D eigenvalue weighted by molar-refractivity contribution is 5.86. The monoisotopic (exact) mass is 236 g/mol. The van der Waals surface area contributed by atoms with Gasteiger partial charge in [-0.2, -0.15) is 0 Å². The van der Waals surface area contributed by atoms with E-state index in [1.54, 1.807) is 4.90 Å². The van der Waals surface area contributed by atoms with Crippen LogP contribution in [0.15, 0.2) is 12.4 Å². The maximum Gasteiger partial charge on any atom is 0.356 e. The second-order valence-electron chi connectivity index (χ2n) is 3.82. The third kappa shape index (κ3) is 2.17. The maximum atomic E-state index is 11.2. The molecule has 1 unspecified atom stereocenters. The minimum Gasteiger partial charge on any atom is -0.476 e. The molecule has 0 radical (unpaired) electrons. The zero-order valence-corrected chi connectivity index (χ0v) is 9.04. The number of hydrogen-bond donors (Lipinski definition) is 2. The predicted octanol–water partition coefficient (Wildman–Crippen LogP) is -0.371. The Morgan fingerprint density at radius 1 is 1.47 bits per heavy atom. The van der Waals surface area contributed by atoms with Crippen molar-refractivity contribution in [2.75, 3.05) is 11.4 Å². The molecule has 0 aromatic carbocycles. The molecule has 2 rings (SSSR count). The number of hydrogen-bond acceptors (Lipinski definition) is 5. The zero-order valence-electron chi connectivity index (χ0n) is 9.04. The molecule has 1 saturated heterocycles. The molecule has 90 valence electrons. The van der Waals surface area contributed by atoms with Crippen molar-refractivity contribution < 1.29 is 14.7 Å². The highest BCUT2D eigenvalue weighted by atomic mass is 16.4. The van der Waals surface area contributed by atoms with Crippen molar-refractivity contribution in [1.29, 1.82) is 0 Å². The second-order valence-corrected chi connectivity index (χ2v) is 3.82. The van der Waals surface area contributed by atoms with E-state index in [4.69, 9.17) is 10.8 Å². The van der Waals surface area contributed by atoms with Crippen molar-refractivity contribution in [3.05, 3.63) is 18.1 Å². The van der Waals surface area contributed by atoms with Crippen LogP contribution in [0.25, 0.3) is 0 Å². The average molecular weight is 236 g/mol. The molecule has 0 bridgehead atoms. The van der Waals surface area contributed by atoms with Crippen LogP contribution in [0.2, 0.25) is 0 Å². The SMILES string of the molecule is NC(=O)C1CCCN1c1cncc(C(=O)O)n1. The number of anilines is 1. The number of carbonyl (C=O) groups excluding carboxylic acids is 1. The molecule has 1 aromatic rings. The Balaban J connectivity index is 2.30. The summed E-state index contributed by atoms with van der Waals surface area (Å²) in [5.74, 6) is -1.19. The van der Waals surface area contributed by atoms with Crippen LogP contribution in [0, 0.1) is 0 Å². The number of nitrogens with zero attached hydrogens (tertiary/aromatic N) is 3. The van der Waals surface area contributed by atoms with Crippen LogP contribution in [-0.4, -0.2) is 39.5 Å². The Labute approximate surface area is 97.3 Å². The van der Waals surface area contributed by atoms with Gasteiger partial charge in [0.2, 0.25) is 5.91 Å². The number of carboxylic acid groups (broad SMARTS) is 1. The van der Waals surface area contributed by atoms with Gasteiger partial charge in [0.15, 0.2) is 5.69 Å². The Bertz CT molecular complexity index is 463. The normalized spacial score (nSPS) is 19.3. The van der Waals surface area contributed by atoms with Gasteiger partial charge >= 0.3 is 5.97 Å². The van der Waals surface area contributed by atoms with E-state index in [-0.39, 0.29) is 5.69 Å². The van der Waals surface area contributed by atoms with E-state index in [0.717, 1.165) is 6.42 Å². The molecule has 1 aliphatic rings. The molecule has 17 heavy (non-hydrogen) atoms. The number of aromatic carboxylic acids is 1. The lowest BCUT2D eigenvalue weighted by molar-refractivity contribution is -0.119. The molecule has 7 heteroatoms. The van der Waals surface area contributed by atoms with Crippen molar-refractivity contribution >= 4 is 17.7 Å². The minimum absolute atomic E-state index is 0.141. The summed E-state index contributed by atoms with van der Waals surface area (Å²) in [4.78, 5) is 31.4. The zero-order chi connectivity index (χ0) is 12.4. The summed E-state index contributed by atoms with van der Waals surface area (Å²) in [5.41, 5.74) is 5.14. The Morgan fingerprint density at radius 3 is 2.88 bits per heavy atom. The summed E-state index contributed by atoms with van der Waals surface area (Å²) in [6.45, 7) is 0.630. The lowest BCUT2D eigenvalue weighted by Crippen LogP contribution is -2.40. The maximum absolute atomic E-state index is 11.2. The quantitative estimate of drug-likeness (QED) is 0.740. The second kappa shape index (κ2) is 4.36. The molecule has 0 saturated carbocycles. The van der Waals surface area contributed by atoms with E-state index in [1.165, 1.54) is 12.4 Å². The third-order valence-corrected chi connectivity index (χ3v) is 2.72. The van der Waals surface area contributed by atoms with Crippen LogP contribution >= 0.6 is 0 Å². The van der Waals surface area contributed by atoms with Crippen molar-refractivity contribution in [3.63, 3.8) is 0 Å². The van der Waals surface area contributed by atoms with Gasteiger partial charge in [0, 0.05) is 6.54 Å². The fourth-order valence-corrected chi connectivity index (χ4v) is 1.93. The molecule has 3 N–H and O–H groups in total. The fourth-order valence-electron chi connectivity index (χ4n) is 1.93. The van der Waals surface area contributed by atoms with Crippen LogP contribution in [0.4, 0.5) is 5.82 Å². The molecule has 1 amide bonds. The molecular formula is C10H12N4O3. The van der Waals surface area contributed by atoms with Gasteiger partial charge in [-0.3, -0.25) is 9.78 Å². The van der Waals surface area contributed by atoms with Gasteiger partial charge in [0.25, 0.3) is 0 Å². The molecule has 7 nitrogen and oxygen atoms in total. The molecule has 1 fully saturated rings. The molecule has 2 heterocycles. The van der Waals surface area contributed by atoms with Gasteiger partial charge in [-0.25, -0.2) is 9.78 Å². The predicted molar refractivity (Wildman–Crippen MR) is 58.6 cm³/mol. The van der Waals surface area contributed by atoms with Crippen LogP contribution < -0.4 is 10.6 Å². The summed E-state index contributed by atoms with van der Waals surface area (Å²) in [5, 5.41) is 8.81. The van der Waals surface area contributed by atoms with E-state index < -0.39 is 17.9 Å². The molecular weight excluding hydrogens is 224 g/mol. The number of amides is 1. The summed E-state index contributed by atoms with van der Waals surface area (Å²) in [7, 11) is 0. The van der Waals surface area contributed by atoms with Gasteiger partial charge in [-0.15, -0.1) is 0 Å². The van der Waals surface area contributed by atoms with Crippen molar-refractivity contribution in [2.24, 2.45) is 5.73 Å². The fraction of sp³-hybridized carbons (Fsp3) is 0.400. The lowest BCUT2D eigenvalue weighted by atomic mass is 10.2. The molecule has 0 aliphatic carbocycles. The summed E-state index contributed by atoms with van der Waals surface area (Å²) in [6, 6.07) is -0.423. The number of nitrogens with two attached hydrogens (primary N) is 1. The third-order valence-electron chi connectivity index (χ3n) is 2.72. The van der Waals surface area contributed by atoms with Gasteiger partial charge in [0.1, 0.15) is 11.9 Å². The lowest BCUT2D eigenvalue weighted by Gasteiger charge is -2.22. The van der Waals surface area contributed by atoms with Crippen LogP contribution in [0.1, 0.15) is 23.3 Å². The van der Waals surface area contributed by atoms with Crippen molar-refractivity contribution in [1.82, 2.24) is 9.97 Å². The Morgan fingerprint density at radius 2 is 2.24 bits per heavy atom. The minimum atomic E-state index is -1.14. The first-order chi connectivity index (χ1) is 8.09. The van der Waals surface area contributed by atoms with E-state index in [0.29, 0.717) is 18.8 Å². The first kappa shape index (κ1) is 11.3. The number of carboxylic acids is 1. The first-order valence-electron chi connectivity index (χ1n) is 5.21. The average Bonchev–Trinajstić information content (AvgIpc) is 2.78. The molecule has 1 aliphatic heterocycles. The Kier molecular flexibility index (Phi) is 2.90. The number of aromatic nitrogens is 2. The summed E-state index contributed by atoms with van der Waals surface area (Å²) < 4.78 is 0. The van der Waals surface area contributed by atoms with E-state index in [1.807, 2.05) is 0 Å². The van der Waals surface area contributed by atoms with Gasteiger partial charge in [-0.05, 0) is 12.8 Å². The highest BCUT2D eigenvalue weighted by Crippen LogP contribution is 2.23. The van der Waals surface area contributed by atoms with Crippen molar-refractivity contribution in [3.8, 4) is 0 Å². The van der Waals surface area contributed by atoms with Gasteiger partial charge in [-0.1, -0.05) is 0 Å². The van der Waals surface area contributed by atoms with Gasteiger partial charge in [0.05, 0.1) is 12.4 Å². The van der Waals surface area contributed by atoms with Crippen LogP contribution in [-0.2, 0) is 4.79 Å². The van der Waals surface area contributed by atoms with Crippen LogP contribution in [0.5, 0.6) is 0 Å². The molecule has 0 spiro atoms. The number of primary amides is 1. The standard InChI is InChI=1S/C10H12N4O3/c11-9(15)7-2-1-3-14(7)8-5-12-4-6(13-8)10(16)17/h4-5,7H,1-3H2,(H2,11,15)(H,16,17). The summed E-state index contributed by atoms with van der Waals surface area (Å²) in [6.07, 6.45) is 4.09. The Hall–Kier alpha value is -2.18. The summed E-state index contributed by atoms with van der Waals surface area (Å²) >= 11 is 0. The molecule has 1 atom stereocenters. The van der Waals surface area contributed by atoms with E-state index >= 15 is 0 Å². The number of rotatable bonds is 3. The largest absolute Gasteiger partial charge is 0.476 e. The van der Waals surface area contributed by atoms with E-state index in [9.17, 15) is 9.59 Å². The molecule has 1 aromatic heterocycles. The van der Waals surface area contributed by atoms with Gasteiger partial charge < -0.3 is 15.7 Å². The van der Waals surface area contributed by atoms with Crippen molar-refractivity contribution in [2.45, 2.75) is 18.9 Å². The first-order valence-corrected chi connectivity index (χ1v) is 5.21. The number of carbonyl (C=O) groups is 2. The van der Waals surface area contributed by atoms with Crippen LogP contribution in [0.3, 0.4) is 0 Å². The highest BCUT2D eigenvalue weighted by Gasteiger charge is 2.30.